The predicted molar refractivity (Wildman–Crippen MR) is 114 cm³/mol. The van der Waals surface area contributed by atoms with Gasteiger partial charge in [-0.1, -0.05) is 37.6 Å². The lowest BCUT2D eigenvalue weighted by molar-refractivity contribution is -0.134. The van der Waals surface area contributed by atoms with E-state index >= 15 is 0 Å². The van der Waals surface area contributed by atoms with Gasteiger partial charge in [-0.3, -0.25) is 9.69 Å². The van der Waals surface area contributed by atoms with E-state index in [2.05, 4.69) is 51.6 Å². The van der Waals surface area contributed by atoms with Gasteiger partial charge < -0.3 is 15.5 Å². The van der Waals surface area contributed by atoms with Crippen molar-refractivity contribution in [3.05, 3.63) is 35.4 Å². The van der Waals surface area contributed by atoms with E-state index in [0.717, 1.165) is 65.1 Å². The van der Waals surface area contributed by atoms with Crippen LogP contribution in [0, 0.1) is 0 Å². The highest BCUT2D eigenvalue weighted by atomic mass is 16.2. The third-order valence-electron chi connectivity index (χ3n) is 7.12. The van der Waals surface area contributed by atoms with Crippen molar-refractivity contribution in [2.75, 3.05) is 45.8 Å². The summed E-state index contributed by atoms with van der Waals surface area (Å²) in [7, 11) is 0. The van der Waals surface area contributed by atoms with E-state index in [1.807, 2.05) is 0 Å². The smallest absolute Gasteiger partial charge is 0.241 e. The standard InChI is InChI=1S/C23H36N4O/c1-2-26-13-15-27(16-14-26)23(17-19-7-3-4-8-20(19)18-23)22(28)25-12-10-21-9-5-6-11-24-21/h3-4,7-8,21,24H,2,5-6,9-18H2,1H3,(H,25,28)/t21-/m0/s1. The van der Waals surface area contributed by atoms with Crippen LogP contribution in [0.25, 0.3) is 0 Å². The fraction of sp³-hybridized carbons (Fsp3) is 0.696. The van der Waals surface area contributed by atoms with Gasteiger partial charge in [0.25, 0.3) is 0 Å². The van der Waals surface area contributed by atoms with Gasteiger partial charge in [-0.05, 0) is 43.5 Å². The Bertz CT molecular complexity index is 637. The molecule has 2 fully saturated rings. The molecule has 0 radical (unpaired) electrons. The van der Waals surface area contributed by atoms with Crippen molar-refractivity contribution < 1.29 is 4.79 Å². The third kappa shape index (κ3) is 4.12. The first kappa shape index (κ1) is 19.9. The highest BCUT2D eigenvalue weighted by Gasteiger charge is 2.48. The quantitative estimate of drug-likeness (QED) is 0.785. The zero-order valence-electron chi connectivity index (χ0n) is 17.4. The average molecular weight is 385 g/mol. The van der Waals surface area contributed by atoms with Gasteiger partial charge in [0.05, 0.1) is 0 Å². The number of rotatable bonds is 6. The van der Waals surface area contributed by atoms with Crippen molar-refractivity contribution in [1.29, 1.82) is 0 Å². The molecular formula is C23H36N4O. The number of fused-ring (bicyclic) bond motifs is 1. The Balaban J connectivity index is 1.43. The minimum Gasteiger partial charge on any atom is -0.354 e. The molecule has 2 aliphatic heterocycles. The van der Waals surface area contributed by atoms with E-state index in [1.165, 1.54) is 30.4 Å². The Morgan fingerprint density at radius 1 is 1.14 bits per heavy atom. The van der Waals surface area contributed by atoms with Gasteiger partial charge >= 0.3 is 0 Å². The van der Waals surface area contributed by atoms with Crippen LogP contribution in [0.4, 0.5) is 0 Å². The van der Waals surface area contributed by atoms with Crippen LogP contribution in [-0.4, -0.2) is 73.1 Å². The number of nitrogens with one attached hydrogen (secondary N) is 2. The van der Waals surface area contributed by atoms with Crippen LogP contribution in [0.15, 0.2) is 24.3 Å². The van der Waals surface area contributed by atoms with E-state index in [0.29, 0.717) is 6.04 Å². The van der Waals surface area contributed by atoms with Crippen molar-refractivity contribution in [2.24, 2.45) is 0 Å². The highest BCUT2D eigenvalue weighted by molar-refractivity contribution is 5.88. The fourth-order valence-electron chi connectivity index (χ4n) is 5.31. The van der Waals surface area contributed by atoms with Crippen molar-refractivity contribution in [1.82, 2.24) is 20.4 Å². The lowest BCUT2D eigenvalue weighted by atomic mass is 9.90. The minimum absolute atomic E-state index is 0.240. The second-order valence-electron chi connectivity index (χ2n) is 8.77. The molecule has 2 heterocycles. The summed E-state index contributed by atoms with van der Waals surface area (Å²) in [6.45, 7) is 9.33. The largest absolute Gasteiger partial charge is 0.354 e. The van der Waals surface area contributed by atoms with Crippen LogP contribution in [0.2, 0.25) is 0 Å². The van der Waals surface area contributed by atoms with Crippen molar-refractivity contribution in [3.63, 3.8) is 0 Å². The molecule has 0 bridgehead atoms. The number of piperazine rings is 1. The summed E-state index contributed by atoms with van der Waals surface area (Å²) >= 11 is 0. The molecule has 5 heteroatoms. The van der Waals surface area contributed by atoms with Crippen molar-refractivity contribution >= 4 is 5.91 Å². The van der Waals surface area contributed by atoms with E-state index in [-0.39, 0.29) is 5.91 Å². The molecule has 0 unspecified atom stereocenters. The maximum absolute atomic E-state index is 13.5. The van der Waals surface area contributed by atoms with Crippen LogP contribution in [-0.2, 0) is 17.6 Å². The van der Waals surface area contributed by atoms with Gasteiger partial charge in [-0.25, -0.2) is 0 Å². The molecule has 3 aliphatic rings. The molecule has 0 spiro atoms. The molecule has 1 aliphatic carbocycles. The number of benzene rings is 1. The molecule has 4 rings (SSSR count). The van der Waals surface area contributed by atoms with Crippen LogP contribution in [0.1, 0.15) is 43.7 Å². The monoisotopic (exact) mass is 384 g/mol. The fourth-order valence-corrected chi connectivity index (χ4v) is 5.31. The predicted octanol–water partition coefficient (Wildman–Crippen LogP) is 1.81. The van der Waals surface area contributed by atoms with Crippen LogP contribution in [0.3, 0.4) is 0 Å². The van der Waals surface area contributed by atoms with E-state index in [4.69, 9.17) is 0 Å². The van der Waals surface area contributed by atoms with Gasteiger partial charge in [-0.2, -0.15) is 0 Å². The van der Waals surface area contributed by atoms with Gasteiger partial charge in [-0.15, -0.1) is 0 Å². The molecule has 1 atom stereocenters. The van der Waals surface area contributed by atoms with Gasteiger partial charge in [0.15, 0.2) is 0 Å². The Morgan fingerprint density at radius 3 is 2.46 bits per heavy atom. The van der Waals surface area contributed by atoms with Crippen molar-refractivity contribution in [2.45, 2.75) is 57.0 Å². The van der Waals surface area contributed by atoms with Crippen LogP contribution < -0.4 is 10.6 Å². The highest BCUT2D eigenvalue weighted by Crippen LogP contribution is 2.35. The number of piperidine rings is 1. The summed E-state index contributed by atoms with van der Waals surface area (Å²) < 4.78 is 0. The third-order valence-corrected chi connectivity index (χ3v) is 7.12. The molecule has 28 heavy (non-hydrogen) atoms. The van der Waals surface area contributed by atoms with Crippen LogP contribution >= 0.6 is 0 Å². The topological polar surface area (TPSA) is 47.6 Å². The average Bonchev–Trinajstić information content (AvgIpc) is 3.15. The minimum atomic E-state index is -0.399. The van der Waals surface area contributed by atoms with Gasteiger partial charge in [0, 0.05) is 51.6 Å². The molecule has 154 valence electrons. The number of carbonyl (C=O) groups excluding carboxylic acids is 1. The zero-order valence-corrected chi connectivity index (χ0v) is 17.4. The van der Waals surface area contributed by atoms with Crippen LogP contribution in [0.5, 0.6) is 0 Å². The lowest BCUT2D eigenvalue weighted by Crippen LogP contribution is -2.64. The first-order chi connectivity index (χ1) is 13.7. The molecule has 2 N–H and O–H groups in total. The molecule has 1 aromatic rings. The zero-order chi connectivity index (χ0) is 19.4. The molecule has 5 nitrogen and oxygen atoms in total. The summed E-state index contributed by atoms with van der Waals surface area (Å²) in [5, 5.41) is 6.93. The number of carbonyl (C=O) groups is 1. The van der Waals surface area contributed by atoms with Gasteiger partial charge in [0.1, 0.15) is 5.54 Å². The number of nitrogens with zero attached hydrogens (tertiary/aromatic N) is 2. The number of hydrogen-bond acceptors (Lipinski definition) is 4. The number of hydrogen-bond donors (Lipinski definition) is 2. The normalized spacial score (nSPS) is 25.4. The maximum atomic E-state index is 13.5. The molecule has 2 saturated heterocycles. The maximum Gasteiger partial charge on any atom is 0.241 e. The Hall–Kier alpha value is -1.43. The number of amides is 1. The summed E-state index contributed by atoms with van der Waals surface area (Å²) in [6, 6.07) is 9.20. The van der Waals surface area contributed by atoms with E-state index in [9.17, 15) is 4.79 Å². The second kappa shape index (κ2) is 8.93. The molecule has 1 amide bonds. The van der Waals surface area contributed by atoms with Gasteiger partial charge in [0.2, 0.25) is 5.91 Å². The molecule has 0 saturated carbocycles. The summed E-state index contributed by atoms with van der Waals surface area (Å²) in [5.41, 5.74) is 2.30. The summed E-state index contributed by atoms with van der Waals surface area (Å²) in [5.74, 6) is 0.240. The molecule has 1 aromatic carbocycles. The Morgan fingerprint density at radius 2 is 1.86 bits per heavy atom. The van der Waals surface area contributed by atoms with E-state index in [1.54, 1.807) is 0 Å². The lowest BCUT2D eigenvalue weighted by Gasteiger charge is -2.44. The first-order valence-corrected chi connectivity index (χ1v) is 11.3. The summed E-state index contributed by atoms with van der Waals surface area (Å²) in [6.07, 6.45) is 6.58. The van der Waals surface area contributed by atoms with E-state index < -0.39 is 5.54 Å². The Labute approximate surface area is 169 Å². The SMILES string of the molecule is CCN1CCN(C2(C(=O)NCC[C@@H]3CCCCN3)Cc3ccccc3C2)CC1. The van der Waals surface area contributed by atoms with Crippen molar-refractivity contribution in [3.8, 4) is 0 Å². The molecular weight excluding hydrogens is 348 g/mol. The second-order valence-corrected chi connectivity index (χ2v) is 8.77. The number of likely N-dealkylation sites (N-methyl/N-ethyl adjacent to an activating group) is 1. The Kier molecular flexibility index (Phi) is 6.34. The molecule has 0 aromatic heterocycles. The summed E-state index contributed by atoms with van der Waals surface area (Å²) in [4.78, 5) is 18.5. The first-order valence-electron chi connectivity index (χ1n) is 11.3.